The molecule has 0 radical (unpaired) electrons. The second-order valence-corrected chi connectivity index (χ2v) is 4.39. The number of hydrogen-bond donors (Lipinski definition) is 0. The molecule has 13 heavy (non-hydrogen) atoms. The van der Waals surface area contributed by atoms with Gasteiger partial charge in [-0.3, -0.25) is 0 Å². The minimum absolute atomic E-state index is 0.844. The van der Waals surface area contributed by atoms with Crippen molar-refractivity contribution in [3.63, 3.8) is 0 Å². The summed E-state index contributed by atoms with van der Waals surface area (Å²) in [6, 6.07) is 0. The van der Waals surface area contributed by atoms with Crippen molar-refractivity contribution in [1.29, 1.82) is 0 Å². The van der Waals surface area contributed by atoms with Crippen LogP contribution in [0.5, 0.6) is 0 Å². The van der Waals surface area contributed by atoms with Gasteiger partial charge in [0, 0.05) is 0 Å². The first kappa shape index (κ1) is 13.0. The van der Waals surface area contributed by atoms with E-state index in [1.54, 1.807) is 0 Å². The van der Waals surface area contributed by atoms with Crippen LogP contribution < -0.4 is 0 Å². The second kappa shape index (κ2) is 7.37. The molecule has 0 rings (SSSR count). The molecule has 1 atom stereocenters. The average Bonchev–Trinajstić information content (AvgIpc) is 2.12. The van der Waals surface area contributed by atoms with Crippen molar-refractivity contribution in [3.05, 3.63) is 0 Å². The fourth-order valence-electron chi connectivity index (χ4n) is 1.51. The van der Waals surface area contributed by atoms with Crippen LogP contribution >= 0.6 is 0 Å². The molecule has 0 saturated carbocycles. The van der Waals surface area contributed by atoms with E-state index in [0.29, 0.717) is 0 Å². The average molecular weight is 185 g/mol. The zero-order valence-corrected chi connectivity index (χ0v) is 10.1. The van der Waals surface area contributed by atoms with Crippen molar-refractivity contribution in [3.8, 4) is 0 Å². The van der Waals surface area contributed by atoms with Gasteiger partial charge in [0.15, 0.2) is 0 Å². The smallest absolute Gasteiger partial charge is 0.00189 e. The molecule has 0 aliphatic rings. The van der Waals surface area contributed by atoms with E-state index in [0.717, 1.165) is 11.8 Å². The molecule has 1 nitrogen and oxygen atoms in total. The third-order valence-corrected chi connectivity index (χ3v) is 3.17. The molecule has 0 amide bonds. The maximum absolute atomic E-state index is 2.51. The van der Waals surface area contributed by atoms with Crippen molar-refractivity contribution in [1.82, 2.24) is 4.90 Å². The van der Waals surface area contributed by atoms with Gasteiger partial charge >= 0.3 is 0 Å². The van der Waals surface area contributed by atoms with Crippen LogP contribution in [-0.4, -0.2) is 24.5 Å². The van der Waals surface area contributed by atoms with E-state index < -0.39 is 0 Å². The second-order valence-electron chi connectivity index (χ2n) is 4.39. The van der Waals surface area contributed by atoms with Gasteiger partial charge in [-0.25, -0.2) is 0 Å². The molecule has 0 bridgehead atoms. The fraction of sp³-hybridized carbons (Fsp3) is 1.00. The number of hydrogen-bond acceptors (Lipinski definition) is 1. The molecule has 0 spiro atoms. The van der Waals surface area contributed by atoms with Crippen molar-refractivity contribution in [2.45, 2.75) is 47.5 Å². The highest BCUT2D eigenvalue weighted by Crippen LogP contribution is 2.15. The van der Waals surface area contributed by atoms with E-state index in [1.165, 1.54) is 32.5 Å². The lowest BCUT2D eigenvalue weighted by Crippen LogP contribution is -2.24. The fourth-order valence-corrected chi connectivity index (χ4v) is 1.51. The van der Waals surface area contributed by atoms with Gasteiger partial charge in [0.1, 0.15) is 0 Å². The van der Waals surface area contributed by atoms with Crippen molar-refractivity contribution in [2.75, 3.05) is 19.6 Å². The molecule has 0 N–H and O–H groups in total. The van der Waals surface area contributed by atoms with Gasteiger partial charge in [-0.05, 0) is 44.3 Å². The minimum atomic E-state index is 0.844. The Kier molecular flexibility index (Phi) is 7.35. The third-order valence-electron chi connectivity index (χ3n) is 3.17. The molecule has 0 fully saturated rings. The summed E-state index contributed by atoms with van der Waals surface area (Å²) in [5.74, 6) is 1.73. The van der Waals surface area contributed by atoms with Gasteiger partial charge < -0.3 is 4.90 Å². The summed E-state index contributed by atoms with van der Waals surface area (Å²) in [5.41, 5.74) is 0. The molecule has 0 heterocycles. The Labute approximate surface area is 84.5 Å². The molecule has 0 saturated heterocycles. The largest absolute Gasteiger partial charge is 0.304 e. The van der Waals surface area contributed by atoms with Gasteiger partial charge in [-0.2, -0.15) is 0 Å². The Morgan fingerprint density at radius 3 is 1.92 bits per heavy atom. The molecular weight excluding hydrogens is 158 g/mol. The van der Waals surface area contributed by atoms with E-state index in [1.807, 2.05) is 0 Å². The van der Waals surface area contributed by atoms with Crippen LogP contribution in [0.15, 0.2) is 0 Å². The first-order chi connectivity index (χ1) is 6.11. The number of nitrogens with zero attached hydrogens (tertiary/aromatic N) is 1. The minimum Gasteiger partial charge on any atom is -0.304 e. The summed E-state index contributed by atoms with van der Waals surface area (Å²) in [6.07, 6.45) is 2.75. The Morgan fingerprint density at radius 2 is 1.54 bits per heavy atom. The maximum Gasteiger partial charge on any atom is -0.00189 e. The Balaban J connectivity index is 3.43. The van der Waals surface area contributed by atoms with Gasteiger partial charge in [0.2, 0.25) is 0 Å². The van der Waals surface area contributed by atoms with Gasteiger partial charge in [-0.1, -0.05) is 34.6 Å². The molecule has 80 valence electrons. The molecular formula is C12H27N. The molecule has 0 aliphatic heterocycles. The van der Waals surface area contributed by atoms with E-state index >= 15 is 0 Å². The molecule has 0 aromatic carbocycles. The molecule has 1 heteroatoms. The summed E-state index contributed by atoms with van der Waals surface area (Å²) in [4.78, 5) is 2.51. The van der Waals surface area contributed by atoms with E-state index in [4.69, 9.17) is 0 Å². The van der Waals surface area contributed by atoms with Crippen LogP contribution in [-0.2, 0) is 0 Å². The third kappa shape index (κ3) is 6.09. The normalized spacial score (nSPS) is 14.1. The van der Waals surface area contributed by atoms with Crippen LogP contribution in [0.4, 0.5) is 0 Å². The molecule has 0 aliphatic carbocycles. The summed E-state index contributed by atoms with van der Waals surface area (Å²) < 4.78 is 0. The highest BCUT2D eigenvalue weighted by Gasteiger charge is 2.07. The van der Waals surface area contributed by atoms with Gasteiger partial charge in [-0.15, -0.1) is 0 Å². The zero-order chi connectivity index (χ0) is 10.3. The van der Waals surface area contributed by atoms with Crippen molar-refractivity contribution in [2.24, 2.45) is 11.8 Å². The Hall–Kier alpha value is -0.0400. The van der Waals surface area contributed by atoms with Crippen molar-refractivity contribution < 1.29 is 0 Å². The lowest BCUT2D eigenvalue weighted by atomic mass is 9.93. The lowest BCUT2D eigenvalue weighted by molar-refractivity contribution is 0.277. The predicted octanol–water partition coefficient (Wildman–Crippen LogP) is 3.40. The van der Waals surface area contributed by atoms with Crippen LogP contribution in [0.2, 0.25) is 0 Å². The first-order valence-electron chi connectivity index (χ1n) is 5.84. The quantitative estimate of drug-likeness (QED) is 0.587. The standard InChI is InChI=1S/C12H27N/c1-6-13(7-2)10-8-9-12(5)11(3)4/h11-12H,6-10H2,1-5H3. The Morgan fingerprint density at radius 1 is 1.00 bits per heavy atom. The molecule has 0 aromatic heterocycles. The van der Waals surface area contributed by atoms with E-state index in [9.17, 15) is 0 Å². The summed E-state index contributed by atoms with van der Waals surface area (Å²) in [7, 11) is 0. The zero-order valence-electron chi connectivity index (χ0n) is 10.1. The molecule has 1 unspecified atom stereocenters. The Bertz CT molecular complexity index is 104. The number of rotatable bonds is 7. The van der Waals surface area contributed by atoms with E-state index in [2.05, 4.69) is 39.5 Å². The van der Waals surface area contributed by atoms with Crippen molar-refractivity contribution >= 4 is 0 Å². The SMILES string of the molecule is CCN(CC)CCCC(C)C(C)C. The predicted molar refractivity (Wildman–Crippen MR) is 61.0 cm³/mol. The highest BCUT2D eigenvalue weighted by molar-refractivity contribution is 4.59. The maximum atomic E-state index is 2.51. The lowest BCUT2D eigenvalue weighted by Gasteiger charge is -2.20. The monoisotopic (exact) mass is 185 g/mol. The van der Waals surface area contributed by atoms with E-state index in [-0.39, 0.29) is 0 Å². The van der Waals surface area contributed by atoms with Crippen LogP contribution in [0, 0.1) is 11.8 Å². The van der Waals surface area contributed by atoms with Gasteiger partial charge in [0.25, 0.3) is 0 Å². The summed E-state index contributed by atoms with van der Waals surface area (Å²) >= 11 is 0. The summed E-state index contributed by atoms with van der Waals surface area (Å²) in [5, 5.41) is 0. The summed E-state index contributed by atoms with van der Waals surface area (Å²) in [6.45, 7) is 15.2. The van der Waals surface area contributed by atoms with Crippen LogP contribution in [0.3, 0.4) is 0 Å². The first-order valence-corrected chi connectivity index (χ1v) is 5.84. The van der Waals surface area contributed by atoms with Crippen LogP contribution in [0.1, 0.15) is 47.5 Å². The van der Waals surface area contributed by atoms with Crippen LogP contribution in [0.25, 0.3) is 0 Å². The highest BCUT2D eigenvalue weighted by atomic mass is 15.1. The topological polar surface area (TPSA) is 3.24 Å². The van der Waals surface area contributed by atoms with Gasteiger partial charge in [0.05, 0.1) is 0 Å². The molecule has 0 aromatic rings.